The van der Waals surface area contributed by atoms with Crippen molar-refractivity contribution in [1.29, 1.82) is 0 Å². The molecule has 5 nitrogen and oxygen atoms in total. The molecule has 1 aliphatic carbocycles. The van der Waals surface area contributed by atoms with Crippen molar-refractivity contribution in [2.24, 2.45) is 7.05 Å². The fourth-order valence-electron chi connectivity index (χ4n) is 3.09. The van der Waals surface area contributed by atoms with E-state index >= 15 is 0 Å². The summed E-state index contributed by atoms with van der Waals surface area (Å²) >= 11 is 0. The van der Waals surface area contributed by atoms with E-state index < -0.39 is 0 Å². The third kappa shape index (κ3) is 4.29. The van der Waals surface area contributed by atoms with Gasteiger partial charge < -0.3 is 14.0 Å². The summed E-state index contributed by atoms with van der Waals surface area (Å²) in [5, 5.41) is 0. The Labute approximate surface area is 148 Å². The fraction of sp³-hybridized carbons (Fsp3) is 0.400. The summed E-state index contributed by atoms with van der Waals surface area (Å²) in [4.78, 5) is 16.7. The molecule has 132 valence electrons. The summed E-state index contributed by atoms with van der Waals surface area (Å²) in [6.45, 7) is 2.12. The molecule has 1 aliphatic rings. The summed E-state index contributed by atoms with van der Waals surface area (Å²) in [7, 11) is 1.86. The lowest BCUT2D eigenvalue weighted by atomic mass is 10.1. The van der Waals surface area contributed by atoms with Crippen molar-refractivity contribution in [2.45, 2.75) is 38.7 Å². The first-order valence-electron chi connectivity index (χ1n) is 8.80. The van der Waals surface area contributed by atoms with Crippen LogP contribution in [0, 0.1) is 0 Å². The van der Waals surface area contributed by atoms with Crippen LogP contribution < -0.4 is 4.74 Å². The fourth-order valence-corrected chi connectivity index (χ4v) is 3.09. The van der Waals surface area contributed by atoms with E-state index in [4.69, 9.17) is 9.47 Å². The summed E-state index contributed by atoms with van der Waals surface area (Å²) in [6, 6.07) is 7.81. The minimum atomic E-state index is -0.376. The van der Waals surface area contributed by atoms with Gasteiger partial charge in [0.05, 0.1) is 12.7 Å². The maximum atomic E-state index is 12.4. The highest BCUT2D eigenvalue weighted by Crippen LogP contribution is 2.26. The molecule has 0 bridgehead atoms. The van der Waals surface area contributed by atoms with Gasteiger partial charge in [0.2, 0.25) is 0 Å². The van der Waals surface area contributed by atoms with Crippen molar-refractivity contribution in [1.82, 2.24) is 9.55 Å². The monoisotopic (exact) mass is 340 g/mol. The highest BCUT2D eigenvalue weighted by atomic mass is 16.5. The summed E-state index contributed by atoms with van der Waals surface area (Å²) in [5.74, 6) is 1.04. The third-order valence-corrected chi connectivity index (χ3v) is 4.33. The van der Waals surface area contributed by atoms with E-state index in [0.717, 1.165) is 24.2 Å². The molecule has 0 spiro atoms. The highest BCUT2D eigenvalue weighted by Gasteiger charge is 2.18. The molecule has 0 saturated heterocycles. The lowest BCUT2D eigenvalue weighted by Crippen LogP contribution is -2.11. The number of aromatic nitrogens is 2. The van der Waals surface area contributed by atoms with E-state index in [0.29, 0.717) is 24.1 Å². The summed E-state index contributed by atoms with van der Waals surface area (Å²) in [6.07, 6.45) is 10.3. The Hall–Kier alpha value is -2.56. The van der Waals surface area contributed by atoms with Gasteiger partial charge in [0.15, 0.2) is 0 Å². The second kappa shape index (κ2) is 8.01. The second-order valence-electron chi connectivity index (χ2n) is 6.24. The van der Waals surface area contributed by atoms with Gasteiger partial charge in [-0.25, -0.2) is 9.78 Å². The molecule has 0 N–H and O–H groups in total. The zero-order chi connectivity index (χ0) is 17.6. The van der Waals surface area contributed by atoms with Crippen LogP contribution in [0.2, 0.25) is 0 Å². The normalized spacial score (nSPS) is 15.4. The number of benzene rings is 1. The predicted octanol–water partition coefficient (Wildman–Crippen LogP) is 3.85. The first kappa shape index (κ1) is 17.3. The van der Waals surface area contributed by atoms with Crippen molar-refractivity contribution in [2.75, 3.05) is 6.61 Å². The number of carbonyl (C=O) groups is 1. The van der Waals surface area contributed by atoms with Crippen LogP contribution in [0.5, 0.6) is 5.75 Å². The van der Waals surface area contributed by atoms with Crippen molar-refractivity contribution < 1.29 is 14.3 Å². The van der Waals surface area contributed by atoms with E-state index in [2.05, 4.69) is 4.98 Å². The number of ether oxygens (including phenoxy) is 2. The summed E-state index contributed by atoms with van der Waals surface area (Å²) in [5.41, 5.74) is 1.33. The average molecular weight is 340 g/mol. The molecule has 25 heavy (non-hydrogen) atoms. The van der Waals surface area contributed by atoms with Crippen LogP contribution in [0.1, 0.15) is 44.0 Å². The Morgan fingerprint density at radius 1 is 1.36 bits per heavy atom. The molecule has 5 heteroatoms. The molecule has 3 rings (SSSR count). The van der Waals surface area contributed by atoms with Crippen LogP contribution in [-0.4, -0.2) is 28.2 Å². The Balaban J connectivity index is 1.88. The molecule has 1 aromatic carbocycles. The number of hydrogen-bond donors (Lipinski definition) is 0. The van der Waals surface area contributed by atoms with Crippen molar-refractivity contribution in [3.05, 3.63) is 48.0 Å². The van der Waals surface area contributed by atoms with Crippen molar-refractivity contribution in [3.63, 3.8) is 0 Å². The second-order valence-corrected chi connectivity index (χ2v) is 6.24. The predicted molar refractivity (Wildman–Crippen MR) is 97.0 cm³/mol. The van der Waals surface area contributed by atoms with Gasteiger partial charge in [-0.05, 0) is 56.4 Å². The zero-order valence-electron chi connectivity index (χ0n) is 14.8. The Bertz CT molecular complexity index is 758. The van der Waals surface area contributed by atoms with E-state index in [1.807, 2.05) is 48.2 Å². The van der Waals surface area contributed by atoms with Crippen LogP contribution >= 0.6 is 0 Å². The number of esters is 1. The maximum absolute atomic E-state index is 12.4. The van der Waals surface area contributed by atoms with Gasteiger partial charge in [0, 0.05) is 19.4 Å². The first-order chi connectivity index (χ1) is 12.2. The Kier molecular flexibility index (Phi) is 5.53. The van der Waals surface area contributed by atoms with Gasteiger partial charge in [0.1, 0.15) is 17.1 Å². The number of carbonyl (C=O) groups excluding carboxylic acids is 1. The molecular formula is C20H24N2O3. The zero-order valence-corrected chi connectivity index (χ0v) is 14.8. The van der Waals surface area contributed by atoms with Crippen molar-refractivity contribution >= 4 is 17.6 Å². The number of rotatable bonds is 6. The highest BCUT2D eigenvalue weighted by molar-refractivity contribution is 6.20. The molecule has 0 aliphatic heterocycles. The maximum Gasteiger partial charge on any atom is 0.341 e. The van der Waals surface area contributed by atoms with E-state index in [1.165, 1.54) is 12.8 Å². The first-order valence-corrected chi connectivity index (χ1v) is 8.80. The number of aryl methyl sites for hydroxylation is 1. The van der Waals surface area contributed by atoms with Crippen LogP contribution in [0.3, 0.4) is 0 Å². The number of nitrogens with zero attached hydrogens (tertiary/aromatic N) is 2. The molecule has 0 radical (unpaired) electrons. The van der Waals surface area contributed by atoms with Gasteiger partial charge in [-0.3, -0.25) is 0 Å². The molecule has 1 heterocycles. The molecule has 0 unspecified atom stereocenters. The van der Waals surface area contributed by atoms with Gasteiger partial charge in [-0.1, -0.05) is 12.1 Å². The SMILES string of the molecule is CCOC(=O)/C(=C/c1cccc(OC2CCCC2)c1)c1nccn1C. The van der Waals surface area contributed by atoms with Crippen LogP contribution in [0.4, 0.5) is 0 Å². The van der Waals surface area contributed by atoms with Gasteiger partial charge in [0.25, 0.3) is 0 Å². The topological polar surface area (TPSA) is 53.4 Å². The van der Waals surface area contributed by atoms with E-state index in [1.54, 1.807) is 13.1 Å². The minimum absolute atomic E-state index is 0.304. The molecule has 0 amide bonds. The average Bonchev–Trinajstić information content (AvgIpc) is 3.25. The largest absolute Gasteiger partial charge is 0.490 e. The minimum Gasteiger partial charge on any atom is -0.490 e. The summed E-state index contributed by atoms with van der Waals surface area (Å²) < 4.78 is 13.1. The third-order valence-electron chi connectivity index (χ3n) is 4.33. The van der Waals surface area contributed by atoms with Crippen LogP contribution in [-0.2, 0) is 16.6 Å². The van der Waals surface area contributed by atoms with Crippen LogP contribution in [0.15, 0.2) is 36.7 Å². The molecule has 0 atom stereocenters. The van der Waals surface area contributed by atoms with Gasteiger partial charge in [-0.2, -0.15) is 0 Å². The number of hydrogen-bond acceptors (Lipinski definition) is 4. The Morgan fingerprint density at radius 2 is 2.16 bits per heavy atom. The smallest absolute Gasteiger partial charge is 0.341 e. The molecule has 1 saturated carbocycles. The lowest BCUT2D eigenvalue weighted by Gasteiger charge is -2.13. The molecule has 2 aromatic rings. The Morgan fingerprint density at radius 3 is 2.84 bits per heavy atom. The van der Waals surface area contributed by atoms with E-state index in [-0.39, 0.29) is 5.97 Å². The standard InChI is InChI=1S/C20H24N2O3/c1-3-24-20(23)18(19-21-11-12-22(19)2)14-15-7-6-10-17(13-15)25-16-8-4-5-9-16/h6-7,10-14,16H,3-5,8-9H2,1-2H3/b18-14+. The van der Waals surface area contributed by atoms with Crippen molar-refractivity contribution in [3.8, 4) is 5.75 Å². The van der Waals surface area contributed by atoms with Crippen LogP contribution in [0.25, 0.3) is 11.6 Å². The van der Waals surface area contributed by atoms with Gasteiger partial charge in [-0.15, -0.1) is 0 Å². The van der Waals surface area contributed by atoms with E-state index in [9.17, 15) is 4.79 Å². The molecule has 1 aromatic heterocycles. The quantitative estimate of drug-likeness (QED) is 0.592. The number of imidazole rings is 1. The molecular weight excluding hydrogens is 316 g/mol. The van der Waals surface area contributed by atoms with Gasteiger partial charge >= 0.3 is 5.97 Å². The lowest BCUT2D eigenvalue weighted by molar-refractivity contribution is -0.136. The molecule has 1 fully saturated rings.